The van der Waals surface area contributed by atoms with Crippen LogP contribution in [0.5, 0.6) is 0 Å². The van der Waals surface area contributed by atoms with Crippen molar-refractivity contribution in [3.05, 3.63) is 50.1 Å². The predicted molar refractivity (Wildman–Crippen MR) is 87.8 cm³/mol. The molecule has 2 heterocycles. The van der Waals surface area contributed by atoms with E-state index in [4.69, 9.17) is 5.73 Å². The molecule has 5 heteroatoms. The van der Waals surface area contributed by atoms with Gasteiger partial charge < -0.3 is 5.73 Å². The molecule has 0 bridgehead atoms. The first-order valence-electron chi connectivity index (χ1n) is 7.31. The first kappa shape index (κ1) is 15.9. The van der Waals surface area contributed by atoms with Crippen LogP contribution in [-0.2, 0) is 6.54 Å². The van der Waals surface area contributed by atoms with E-state index in [1.807, 2.05) is 23.6 Å². The minimum Gasteiger partial charge on any atom is -0.319 e. The molecule has 0 aromatic carbocycles. The summed E-state index contributed by atoms with van der Waals surface area (Å²) >= 11 is 1.58. The molecule has 0 fully saturated rings. The summed E-state index contributed by atoms with van der Waals surface area (Å²) in [6, 6.07) is 5.42. The standard InChI is InChI=1S/C16H23N3OS/c1-10(2)9-19-16(20)12(8-13(18-19)11(3)4)15(17)14-6-5-7-21-14/h5-8,10-11,15H,9,17H2,1-4H3. The molecule has 114 valence electrons. The van der Waals surface area contributed by atoms with Gasteiger partial charge in [-0.15, -0.1) is 11.3 Å². The third-order valence-electron chi connectivity index (χ3n) is 3.34. The third kappa shape index (κ3) is 3.60. The van der Waals surface area contributed by atoms with Crippen molar-refractivity contribution in [3.8, 4) is 0 Å². The van der Waals surface area contributed by atoms with Crippen LogP contribution in [0.4, 0.5) is 0 Å². The van der Waals surface area contributed by atoms with Gasteiger partial charge in [0.2, 0.25) is 0 Å². The molecule has 2 rings (SSSR count). The quantitative estimate of drug-likeness (QED) is 0.923. The van der Waals surface area contributed by atoms with E-state index in [1.54, 1.807) is 16.0 Å². The van der Waals surface area contributed by atoms with Crippen LogP contribution in [0.25, 0.3) is 0 Å². The summed E-state index contributed by atoms with van der Waals surface area (Å²) in [4.78, 5) is 13.6. The van der Waals surface area contributed by atoms with Gasteiger partial charge in [0.1, 0.15) is 0 Å². The topological polar surface area (TPSA) is 60.9 Å². The molecule has 0 aliphatic rings. The number of rotatable bonds is 5. The van der Waals surface area contributed by atoms with Crippen LogP contribution in [0.3, 0.4) is 0 Å². The molecule has 2 N–H and O–H groups in total. The molecular formula is C16H23N3OS. The Balaban J connectivity index is 2.53. The number of thiophene rings is 1. The van der Waals surface area contributed by atoms with Gasteiger partial charge >= 0.3 is 0 Å². The number of hydrogen-bond acceptors (Lipinski definition) is 4. The van der Waals surface area contributed by atoms with E-state index in [2.05, 4.69) is 32.8 Å². The summed E-state index contributed by atoms with van der Waals surface area (Å²) in [5.74, 6) is 0.627. The van der Waals surface area contributed by atoms with Crippen molar-refractivity contribution in [2.75, 3.05) is 0 Å². The maximum absolute atomic E-state index is 12.6. The van der Waals surface area contributed by atoms with E-state index in [0.29, 0.717) is 18.0 Å². The Kier molecular flexibility index (Phi) is 4.96. The smallest absolute Gasteiger partial charge is 0.271 e. The van der Waals surface area contributed by atoms with Crippen LogP contribution in [-0.4, -0.2) is 9.78 Å². The molecule has 0 saturated carbocycles. The zero-order chi connectivity index (χ0) is 15.6. The van der Waals surface area contributed by atoms with E-state index < -0.39 is 0 Å². The molecule has 0 spiro atoms. The van der Waals surface area contributed by atoms with Crippen molar-refractivity contribution in [1.29, 1.82) is 0 Å². The molecule has 0 amide bonds. The molecule has 1 atom stereocenters. The van der Waals surface area contributed by atoms with Crippen LogP contribution in [0.2, 0.25) is 0 Å². The van der Waals surface area contributed by atoms with E-state index in [0.717, 1.165) is 10.6 Å². The monoisotopic (exact) mass is 305 g/mol. The molecule has 0 aliphatic carbocycles. The van der Waals surface area contributed by atoms with Gasteiger partial charge in [0.05, 0.1) is 11.7 Å². The van der Waals surface area contributed by atoms with Crippen molar-refractivity contribution in [2.24, 2.45) is 11.7 Å². The van der Waals surface area contributed by atoms with Gasteiger partial charge in [0.25, 0.3) is 5.56 Å². The summed E-state index contributed by atoms with van der Waals surface area (Å²) in [7, 11) is 0. The van der Waals surface area contributed by atoms with Gasteiger partial charge in [-0.05, 0) is 29.3 Å². The molecule has 2 aromatic rings. The van der Waals surface area contributed by atoms with E-state index in [9.17, 15) is 4.79 Å². The summed E-state index contributed by atoms with van der Waals surface area (Å²) < 4.78 is 1.57. The predicted octanol–water partition coefficient (Wildman–Crippen LogP) is 3.13. The first-order valence-corrected chi connectivity index (χ1v) is 8.19. The molecule has 4 nitrogen and oxygen atoms in total. The molecule has 2 aromatic heterocycles. The van der Waals surface area contributed by atoms with Crippen molar-refractivity contribution < 1.29 is 0 Å². The molecule has 21 heavy (non-hydrogen) atoms. The highest BCUT2D eigenvalue weighted by atomic mass is 32.1. The SMILES string of the molecule is CC(C)Cn1nc(C(C)C)cc(C(N)c2cccs2)c1=O. The van der Waals surface area contributed by atoms with E-state index >= 15 is 0 Å². The Bertz CT molecular complexity index is 644. The maximum atomic E-state index is 12.6. The summed E-state index contributed by atoms with van der Waals surface area (Å²) in [5, 5.41) is 6.47. The lowest BCUT2D eigenvalue weighted by Crippen LogP contribution is -2.32. The van der Waals surface area contributed by atoms with Crippen molar-refractivity contribution >= 4 is 11.3 Å². The van der Waals surface area contributed by atoms with Gasteiger partial charge in [-0.1, -0.05) is 33.8 Å². The average Bonchev–Trinajstić information content (AvgIpc) is 2.93. The Morgan fingerprint density at radius 2 is 2.05 bits per heavy atom. The maximum Gasteiger partial charge on any atom is 0.271 e. The molecular weight excluding hydrogens is 282 g/mol. The fraction of sp³-hybridized carbons (Fsp3) is 0.500. The molecule has 0 radical (unpaired) electrons. The highest BCUT2D eigenvalue weighted by molar-refractivity contribution is 7.10. The van der Waals surface area contributed by atoms with E-state index in [1.165, 1.54) is 0 Å². The minimum absolute atomic E-state index is 0.0750. The fourth-order valence-electron chi connectivity index (χ4n) is 2.18. The van der Waals surface area contributed by atoms with E-state index in [-0.39, 0.29) is 17.5 Å². The number of nitrogens with zero attached hydrogens (tertiary/aromatic N) is 2. The summed E-state index contributed by atoms with van der Waals surface area (Å²) in [6.07, 6.45) is 0. The Morgan fingerprint density at radius 3 is 2.57 bits per heavy atom. The second-order valence-corrected chi connectivity index (χ2v) is 7.03. The third-order valence-corrected chi connectivity index (χ3v) is 4.29. The van der Waals surface area contributed by atoms with Gasteiger partial charge in [-0.3, -0.25) is 4.79 Å². The minimum atomic E-state index is -0.378. The normalized spacial score (nSPS) is 13.1. The van der Waals surface area contributed by atoms with Crippen LogP contribution >= 0.6 is 11.3 Å². The number of aromatic nitrogens is 2. The number of nitrogens with two attached hydrogens (primary N) is 1. The second kappa shape index (κ2) is 6.54. The Hall–Kier alpha value is -1.46. The van der Waals surface area contributed by atoms with Crippen molar-refractivity contribution in [2.45, 2.75) is 46.2 Å². The zero-order valence-corrected chi connectivity index (χ0v) is 13.9. The largest absolute Gasteiger partial charge is 0.319 e. The van der Waals surface area contributed by atoms with Gasteiger partial charge in [-0.25, -0.2) is 4.68 Å². The second-order valence-electron chi connectivity index (χ2n) is 6.05. The van der Waals surface area contributed by atoms with Gasteiger partial charge in [0, 0.05) is 17.0 Å². The van der Waals surface area contributed by atoms with Crippen LogP contribution in [0, 0.1) is 5.92 Å². The highest BCUT2D eigenvalue weighted by Gasteiger charge is 2.18. The van der Waals surface area contributed by atoms with Gasteiger partial charge in [0.15, 0.2) is 0 Å². The fourth-order valence-corrected chi connectivity index (χ4v) is 2.92. The first-order chi connectivity index (χ1) is 9.90. The highest BCUT2D eigenvalue weighted by Crippen LogP contribution is 2.23. The molecule has 0 saturated heterocycles. The Labute approximate surface area is 129 Å². The zero-order valence-electron chi connectivity index (χ0n) is 13.0. The molecule has 1 unspecified atom stereocenters. The lowest BCUT2D eigenvalue weighted by Gasteiger charge is -2.16. The van der Waals surface area contributed by atoms with Crippen LogP contribution in [0.15, 0.2) is 28.4 Å². The lowest BCUT2D eigenvalue weighted by molar-refractivity contribution is 0.450. The van der Waals surface area contributed by atoms with Crippen molar-refractivity contribution in [3.63, 3.8) is 0 Å². The van der Waals surface area contributed by atoms with Crippen molar-refractivity contribution in [1.82, 2.24) is 9.78 Å². The molecule has 0 aliphatic heterocycles. The van der Waals surface area contributed by atoms with Crippen LogP contribution < -0.4 is 11.3 Å². The lowest BCUT2D eigenvalue weighted by atomic mass is 10.0. The summed E-state index contributed by atoms with van der Waals surface area (Å²) in [5.41, 5.74) is 7.77. The Morgan fingerprint density at radius 1 is 1.33 bits per heavy atom. The van der Waals surface area contributed by atoms with Gasteiger partial charge in [-0.2, -0.15) is 5.10 Å². The summed E-state index contributed by atoms with van der Waals surface area (Å²) in [6.45, 7) is 8.92. The average molecular weight is 305 g/mol. The number of hydrogen-bond donors (Lipinski definition) is 1. The van der Waals surface area contributed by atoms with Crippen LogP contribution in [0.1, 0.15) is 55.8 Å².